The van der Waals surface area contributed by atoms with Gasteiger partial charge in [-0.1, -0.05) is 25.3 Å². The molecule has 0 spiro atoms. The standard InChI is InChI=1S/C24H29FN4O3/c1-15-16(2)23(31)27-26-21(15)13-17-8-9-20(25)19(12-17)24(32)28-10-11-29(22(30)14-28)18-6-4-3-5-7-18/h8-9,12,18H,3-7,10-11,13-14H2,1-2H3,(H,27,31). The van der Waals surface area contributed by atoms with Gasteiger partial charge >= 0.3 is 0 Å². The summed E-state index contributed by atoms with van der Waals surface area (Å²) in [7, 11) is 0. The Balaban J connectivity index is 1.49. The Morgan fingerprint density at radius 2 is 1.88 bits per heavy atom. The molecule has 2 heterocycles. The second kappa shape index (κ2) is 9.22. The van der Waals surface area contributed by atoms with Gasteiger partial charge in [0.25, 0.3) is 11.5 Å². The fraction of sp³-hybridized carbons (Fsp3) is 0.500. The number of carbonyl (C=O) groups is 2. The van der Waals surface area contributed by atoms with Crippen LogP contribution in [0, 0.1) is 19.7 Å². The van der Waals surface area contributed by atoms with Crippen LogP contribution in [0.15, 0.2) is 23.0 Å². The second-order valence-corrected chi connectivity index (χ2v) is 8.85. The van der Waals surface area contributed by atoms with Gasteiger partial charge in [0.1, 0.15) is 12.4 Å². The van der Waals surface area contributed by atoms with Crippen molar-refractivity contribution < 1.29 is 14.0 Å². The van der Waals surface area contributed by atoms with Crippen molar-refractivity contribution in [3.8, 4) is 0 Å². The number of nitrogens with zero attached hydrogens (tertiary/aromatic N) is 3. The van der Waals surface area contributed by atoms with E-state index in [2.05, 4.69) is 10.2 Å². The summed E-state index contributed by atoms with van der Waals surface area (Å²) in [6.07, 6.45) is 5.89. The summed E-state index contributed by atoms with van der Waals surface area (Å²) in [5.41, 5.74) is 2.46. The van der Waals surface area contributed by atoms with Crippen LogP contribution in [0.4, 0.5) is 4.39 Å². The normalized spacial score (nSPS) is 17.7. The van der Waals surface area contributed by atoms with Crippen molar-refractivity contribution in [1.82, 2.24) is 20.0 Å². The number of nitrogens with one attached hydrogen (secondary N) is 1. The van der Waals surface area contributed by atoms with Gasteiger partial charge in [-0.2, -0.15) is 5.10 Å². The number of piperazine rings is 1. The lowest BCUT2D eigenvalue weighted by atomic mass is 9.93. The quantitative estimate of drug-likeness (QED) is 0.792. The van der Waals surface area contributed by atoms with Crippen LogP contribution in [0.3, 0.4) is 0 Å². The fourth-order valence-corrected chi connectivity index (χ4v) is 4.69. The zero-order chi connectivity index (χ0) is 22.8. The van der Waals surface area contributed by atoms with E-state index in [4.69, 9.17) is 0 Å². The van der Waals surface area contributed by atoms with Crippen molar-refractivity contribution in [1.29, 1.82) is 0 Å². The van der Waals surface area contributed by atoms with Gasteiger partial charge in [0.2, 0.25) is 5.91 Å². The minimum atomic E-state index is -0.608. The fourth-order valence-electron chi connectivity index (χ4n) is 4.69. The van der Waals surface area contributed by atoms with E-state index in [1.807, 2.05) is 11.8 Å². The van der Waals surface area contributed by atoms with Gasteiger partial charge < -0.3 is 9.80 Å². The third kappa shape index (κ3) is 4.45. The molecule has 1 saturated heterocycles. The van der Waals surface area contributed by atoms with Gasteiger partial charge in [0.05, 0.1) is 11.3 Å². The Morgan fingerprint density at radius 1 is 1.12 bits per heavy atom. The van der Waals surface area contributed by atoms with Gasteiger partial charge in [-0.15, -0.1) is 0 Å². The highest BCUT2D eigenvalue weighted by Gasteiger charge is 2.33. The number of aromatic amines is 1. The molecule has 1 aliphatic carbocycles. The van der Waals surface area contributed by atoms with Gasteiger partial charge in [-0.3, -0.25) is 14.4 Å². The van der Waals surface area contributed by atoms with E-state index in [0.29, 0.717) is 36.3 Å². The summed E-state index contributed by atoms with van der Waals surface area (Å²) in [4.78, 5) is 40.9. The van der Waals surface area contributed by atoms with E-state index in [1.165, 1.54) is 23.5 Å². The number of amides is 2. The lowest BCUT2D eigenvalue weighted by Crippen LogP contribution is -2.55. The van der Waals surface area contributed by atoms with E-state index in [0.717, 1.165) is 31.2 Å². The molecule has 8 heteroatoms. The molecule has 7 nitrogen and oxygen atoms in total. The lowest BCUT2D eigenvalue weighted by Gasteiger charge is -2.40. The Hall–Kier alpha value is -3.03. The monoisotopic (exact) mass is 440 g/mol. The highest BCUT2D eigenvalue weighted by Crippen LogP contribution is 2.25. The number of H-pyrrole nitrogens is 1. The zero-order valence-electron chi connectivity index (χ0n) is 18.6. The van der Waals surface area contributed by atoms with Crippen molar-refractivity contribution in [2.24, 2.45) is 0 Å². The zero-order valence-corrected chi connectivity index (χ0v) is 18.6. The molecule has 32 heavy (non-hydrogen) atoms. The molecule has 4 rings (SSSR count). The predicted molar refractivity (Wildman–Crippen MR) is 118 cm³/mol. The van der Waals surface area contributed by atoms with Crippen LogP contribution in [0.25, 0.3) is 0 Å². The molecule has 2 amide bonds. The van der Waals surface area contributed by atoms with E-state index >= 15 is 0 Å². The predicted octanol–water partition coefficient (Wildman–Crippen LogP) is 2.73. The molecule has 1 aromatic carbocycles. The van der Waals surface area contributed by atoms with Crippen LogP contribution < -0.4 is 5.56 Å². The maximum Gasteiger partial charge on any atom is 0.267 e. The summed E-state index contributed by atoms with van der Waals surface area (Å²) >= 11 is 0. The minimum Gasteiger partial charge on any atom is -0.336 e. The second-order valence-electron chi connectivity index (χ2n) is 8.85. The summed E-state index contributed by atoms with van der Waals surface area (Å²) < 4.78 is 14.6. The molecule has 1 saturated carbocycles. The first kappa shape index (κ1) is 22.2. The number of rotatable bonds is 4. The van der Waals surface area contributed by atoms with E-state index in [1.54, 1.807) is 13.0 Å². The summed E-state index contributed by atoms with van der Waals surface area (Å²) in [6, 6.07) is 4.68. The molecule has 170 valence electrons. The lowest BCUT2D eigenvalue weighted by molar-refractivity contribution is -0.138. The number of halogens is 1. The number of aromatic nitrogens is 2. The third-order valence-electron chi connectivity index (χ3n) is 6.82. The minimum absolute atomic E-state index is 0.0151. The van der Waals surface area contributed by atoms with Crippen LogP contribution in [0.5, 0.6) is 0 Å². The summed E-state index contributed by atoms with van der Waals surface area (Å²) in [5, 5.41) is 6.58. The summed E-state index contributed by atoms with van der Waals surface area (Å²) in [5.74, 6) is -1.14. The molecule has 2 aromatic rings. The Labute approximate surface area is 186 Å². The van der Waals surface area contributed by atoms with E-state index in [9.17, 15) is 18.8 Å². The van der Waals surface area contributed by atoms with Crippen LogP contribution in [0.2, 0.25) is 0 Å². The molecule has 0 atom stereocenters. The van der Waals surface area contributed by atoms with Gasteiger partial charge in [-0.05, 0) is 49.9 Å². The number of hydrogen-bond acceptors (Lipinski definition) is 4. The van der Waals surface area contributed by atoms with Crippen molar-refractivity contribution in [2.45, 2.75) is 58.4 Å². The topological polar surface area (TPSA) is 86.4 Å². The molecule has 1 N–H and O–H groups in total. The van der Waals surface area contributed by atoms with Crippen molar-refractivity contribution in [3.63, 3.8) is 0 Å². The molecule has 2 fully saturated rings. The molecule has 2 aliphatic rings. The first-order valence-corrected chi connectivity index (χ1v) is 11.3. The van der Waals surface area contributed by atoms with Gasteiger partial charge in [0, 0.05) is 31.1 Å². The largest absolute Gasteiger partial charge is 0.336 e. The smallest absolute Gasteiger partial charge is 0.267 e. The Bertz CT molecular complexity index is 1090. The molecule has 0 radical (unpaired) electrons. The average Bonchev–Trinajstić information content (AvgIpc) is 2.80. The number of hydrogen-bond donors (Lipinski definition) is 1. The van der Waals surface area contributed by atoms with Gasteiger partial charge in [0.15, 0.2) is 0 Å². The number of benzene rings is 1. The SMILES string of the molecule is Cc1c(Cc2ccc(F)c(C(=O)N3CCN(C4CCCCC4)C(=O)C3)c2)n[nH]c(=O)c1C. The van der Waals surface area contributed by atoms with Crippen molar-refractivity contribution >= 4 is 11.8 Å². The molecular formula is C24H29FN4O3. The van der Waals surface area contributed by atoms with Crippen molar-refractivity contribution in [3.05, 3.63) is 62.3 Å². The van der Waals surface area contributed by atoms with Gasteiger partial charge in [-0.25, -0.2) is 9.49 Å². The Morgan fingerprint density at radius 3 is 2.59 bits per heavy atom. The highest BCUT2D eigenvalue weighted by molar-refractivity contribution is 5.97. The highest BCUT2D eigenvalue weighted by atomic mass is 19.1. The maximum atomic E-state index is 14.6. The first-order valence-electron chi connectivity index (χ1n) is 11.3. The molecule has 1 aromatic heterocycles. The van der Waals surface area contributed by atoms with Crippen molar-refractivity contribution in [2.75, 3.05) is 19.6 Å². The molecule has 1 aliphatic heterocycles. The number of carbonyl (C=O) groups excluding carboxylic acids is 2. The van der Waals surface area contributed by atoms with E-state index < -0.39 is 11.7 Å². The first-order chi connectivity index (χ1) is 15.3. The third-order valence-corrected chi connectivity index (χ3v) is 6.82. The summed E-state index contributed by atoms with van der Waals surface area (Å²) in [6.45, 7) is 4.43. The molecule has 0 unspecified atom stereocenters. The average molecular weight is 441 g/mol. The molecular weight excluding hydrogens is 411 g/mol. The van der Waals surface area contributed by atoms with Crippen LogP contribution in [-0.2, 0) is 11.2 Å². The molecule has 0 bridgehead atoms. The van der Waals surface area contributed by atoms with Crippen LogP contribution in [-0.4, -0.2) is 57.5 Å². The van der Waals surface area contributed by atoms with Crippen LogP contribution in [0.1, 0.15) is 64.8 Å². The maximum absolute atomic E-state index is 14.6. The van der Waals surface area contributed by atoms with Crippen LogP contribution >= 0.6 is 0 Å². The Kier molecular flexibility index (Phi) is 6.39. The van der Waals surface area contributed by atoms with E-state index in [-0.39, 0.29) is 29.6 Å².